The highest BCUT2D eigenvalue weighted by Gasteiger charge is 2.31. The Morgan fingerprint density at radius 3 is 2.38 bits per heavy atom. The number of carbonyl (C=O) groups excluding carboxylic acids is 2. The van der Waals surface area contributed by atoms with Crippen LogP contribution in [0.15, 0.2) is 91.0 Å². The van der Waals surface area contributed by atoms with E-state index in [1.54, 1.807) is 25.1 Å². The number of hydrogen-bond acceptors (Lipinski definition) is 4. The summed E-state index contributed by atoms with van der Waals surface area (Å²) in [6.45, 7) is 3.35. The third kappa shape index (κ3) is 6.74. The van der Waals surface area contributed by atoms with E-state index in [0.717, 1.165) is 47.3 Å². The SMILES string of the molecule is CC(NC(=O)c1ccc2c(c1)CCCN2Cc1ccc(-c2ccccc2C(N)=O)cc1)c1ccc(OC(F)(F)F)cc1. The van der Waals surface area contributed by atoms with Gasteiger partial charge in [0.05, 0.1) is 6.04 Å². The predicted molar refractivity (Wildman–Crippen MR) is 155 cm³/mol. The van der Waals surface area contributed by atoms with Crippen LogP contribution in [0.2, 0.25) is 0 Å². The first-order chi connectivity index (χ1) is 20.1. The molecule has 0 radical (unpaired) electrons. The molecule has 1 aliphatic rings. The number of fused-ring (bicyclic) bond motifs is 1. The third-order valence-corrected chi connectivity index (χ3v) is 7.35. The first-order valence-electron chi connectivity index (χ1n) is 13.6. The van der Waals surface area contributed by atoms with Crippen LogP contribution in [0.5, 0.6) is 5.75 Å². The maximum absolute atomic E-state index is 13.0. The van der Waals surface area contributed by atoms with Gasteiger partial charge < -0.3 is 20.7 Å². The number of ether oxygens (including phenoxy) is 1. The van der Waals surface area contributed by atoms with E-state index in [0.29, 0.717) is 23.2 Å². The lowest BCUT2D eigenvalue weighted by atomic mass is 9.96. The van der Waals surface area contributed by atoms with E-state index in [9.17, 15) is 22.8 Å². The fourth-order valence-corrected chi connectivity index (χ4v) is 5.26. The normalized spacial score (nSPS) is 13.7. The summed E-state index contributed by atoms with van der Waals surface area (Å²) >= 11 is 0. The Balaban J connectivity index is 1.25. The molecule has 0 aliphatic carbocycles. The summed E-state index contributed by atoms with van der Waals surface area (Å²) in [5.74, 6) is -1.03. The van der Waals surface area contributed by atoms with Crippen LogP contribution >= 0.6 is 0 Å². The number of anilines is 1. The van der Waals surface area contributed by atoms with Gasteiger partial charge in [0.25, 0.3) is 5.91 Å². The molecule has 0 saturated carbocycles. The standard InChI is InChI=1S/C33H30F3N3O3/c1-21(23-12-15-27(16-13-23)42-33(34,35)36)38-32(41)26-14-17-30-25(19-26)5-4-18-39(30)20-22-8-10-24(11-9-22)28-6-2-3-7-29(28)31(37)40/h2-3,6-17,19,21H,4-5,18,20H2,1H3,(H2,37,40)(H,38,41). The fourth-order valence-electron chi connectivity index (χ4n) is 5.26. The van der Waals surface area contributed by atoms with E-state index < -0.39 is 18.3 Å². The molecule has 0 fully saturated rings. The van der Waals surface area contributed by atoms with Gasteiger partial charge in [-0.25, -0.2) is 0 Å². The molecule has 6 nitrogen and oxygen atoms in total. The second-order valence-corrected chi connectivity index (χ2v) is 10.3. The van der Waals surface area contributed by atoms with Gasteiger partial charge in [-0.2, -0.15) is 0 Å². The summed E-state index contributed by atoms with van der Waals surface area (Å²) in [5.41, 5.74) is 12.2. The molecule has 1 atom stereocenters. The Morgan fingerprint density at radius 2 is 1.69 bits per heavy atom. The second kappa shape index (κ2) is 12.0. The number of primary amides is 1. The zero-order valence-corrected chi connectivity index (χ0v) is 22.9. The zero-order valence-electron chi connectivity index (χ0n) is 22.9. The second-order valence-electron chi connectivity index (χ2n) is 10.3. The molecule has 1 heterocycles. The van der Waals surface area contributed by atoms with Crippen LogP contribution in [0.25, 0.3) is 11.1 Å². The topological polar surface area (TPSA) is 84.7 Å². The highest BCUT2D eigenvalue weighted by atomic mass is 19.4. The molecule has 0 saturated heterocycles. The molecule has 4 aromatic carbocycles. The largest absolute Gasteiger partial charge is 0.573 e. The number of rotatable bonds is 8. The van der Waals surface area contributed by atoms with Gasteiger partial charge >= 0.3 is 6.36 Å². The molecule has 42 heavy (non-hydrogen) atoms. The number of nitrogens with zero attached hydrogens (tertiary/aromatic N) is 1. The van der Waals surface area contributed by atoms with Crippen LogP contribution in [0, 0.1) is 0 Å². The molecule has 3 N–H and O–H groups in total. The Hall–Kier alpha value is -4.79. The molecule has 5 rings (SSSR count). The van der Waals surface area contributed by atoms with Crippen LogP contribution in [-0.2, 0) is 13.0 Å². The first-order valence-corrected chi connectivity index (χ1v) is 13.6. The molecular weight excluding hydrogens is 543 g/mol. The number of benzene rings is 4. The minimum Gasteiger partial charge on any atom is -0.406 e. The van der Waals surface area contributed by atoms with Crippen LogP contribution < -0.4 is 20.7 Å². The molecule has 0 aromatic heterocycles. The Morgan fingerprint density at radius 1 is 0.976 bits per heavy atom. The minimum absolute atomic E-state index is 0.259. The van der Waals surface area contributed by atoms with Crippen molar-refractivity contribution in [2.75, 3.05) is 11.4 Å². The molecule has 216 valence electrons. The van der Waals surface area contributed by atoms with Crippen molar-refractivity contribution in [2.24, 2.45) is 5.73 Å². The average molecular weight is 574 g/mol. The van der Waals surface area contributed by atoms with E-state index in [4.69, 9.17) is 5.73 Å². The third-order valence-electron chi connectivity index (χ3n) is 7.35. The fraction of sp³-hybridized carbons (Fsp3) is 0.212. The van der Waals surface area contributed by atoms with Crippen molar-refractivity contribution in [1.29, 1.82) is 0 Å². The average Bonchev–Trinajstić information content (AvgIpc) is 2.97. The van der Waals surface area contributed by atoms with Gasteiger partial charge in [0.2, 0.25) is 5.91 Å². The van der Waals surface area contributed by atoms with Crippen molar-refractivity contribution in [3.63, 3.8) is 0 Å². The number of carbonyl (C=O) groups is 2. The number of aryl methyl sites for hydroxylation is 1. The quantitative estimate of drug-likeness (QED) is 0.243. The van der Waals surface area contributed by atoms with Gasteiger partial charge in [0.15, 0.2) is 0 Å². The van der Waals surface area contributed by atoms with Gasteiger partial charge in [0, 0.05) is 29.9 Å². The molecule has 0 spiro atoms. The molecule has 4 aromatic rings. The maximum Gasteiger partial charge on any atom is 0.573 e. The molecule has 0 bridgehead atoms. The van der Waals surface area contributed by atoms with E-state index in [1.165, 1.54) is 24.3 Å². The van der Waals surface area contributed by atoms with Crippen molar-refractivity contribution in [3.05, 3.63) is 119 Å². The summed E-state index contributed by atoms with van der Waals surface area (Å²) in [5, 5.41) is 2.92. The van der Waals surface area contributed by atoms with E-state index in [2.05, 4.69) is 15.0 Å². The lowest BCUT2D eigenvalue weighted by molar-refractivity contribution is -0.274. The number of nitrogens with two attached hydrogens (primary N) is 1. The van der Waals surface area contributed by atoms with Crippen molar-refractivity contribution < 1.29 is 27.5 Å². The Labute approximate surface area is 241 Å². The van der Waals surface area contributed by atoms with Crippen molar-refractivity contribution in [1.82, 2.24) is 5.32 Å². The van der Waals surface area contributed by atoms with Crippen LogP contribution in [0.3, 0.4) is 0 Å². The van der Waals surface area contributed by atoms with Crippen molar-refractivity contribution in [3.8, 4) is 16.9 Å². The first kappa shape index (κ1) is 28.7. The Bertz CT molecular complexity index is 1590. The van der Waals surface area contributed by atoms with Crippen LogP contribution in [0.1, 0.15) is 56.8 Å². The summed E-state index contributed by atoms with van der Waals surface area (Å²) in [4.78, 5) is 27.2. The summed E-state index contributed by atoms with van der Waals surface area (Å²) in [7, 11) is 0. The number of amides is 2. The summed E-state index contributed by atoms with van der Waals surface area (Å²) in [6, 6.07) is 26.1. The molecule has 1 unspecified atom stereocenters. The maximum atomic E-state index is 13.0. The van der Waals surface area contributed by atoms with Crippen LogP contribution in [-0.4, -0.2) is 24.7 Å². The predicted octanol–water partition coefficient (Wildman–Crippen LogP) is 6.79. The number of halogens is 3. The van der Waals surface area contributed by atoms with Crippen molar-refractivity contribution >= 4 is 17.5 Å². The lowest BCUT2D eigenvalue weighted by Crippen LogP contribution is -2.30. The van der Waals surface area contributed by atoms with Gasteiger partial charge in [-0.05, 0) is 84.0 Å². The Kier molecular flexibility index (Phi) is 8.20. The number of nitrogens with one attached hydrogen (secondary N) is 1. The summed E-state index contributed by atoms with van der Waals surface area (Å²) in [6.07, 6.45) is -2.95. The van der Waals surface area contributed by atoms with E-state index in [1.807, 2.05) is 48.5 Å². The van der Waals surface area contributed by atoms with Crippen molar-refractivity contribution in [2.45, 2.75) is 38.7 Å². The monoisotopic (exact) mass is 573 g/mol. The summed E-state index contributed by atoms with van der Waals surface area (Å²) < 4.78 is 41.2. The van der Waals surface area contributed by atoms with Gasteiger partial charge in [0.1, 0.15) is 5.75 Å². The lowest BCUT2D eigenvalue weighted by Gasteiger charge is -2.32. The molecule has 2 amide bonds. The number of alkyl halides is 3. The highest BCUT2D eigenvalue weighted by Crippen LogP contribution is 2.31. The number of hydrogen-bond donors (Lipinski definition) is 2. The smallest absolute Gasteiger partial charge is 0.406 e. The molecular formula is C33H30F3N3O3. The van der Waals surface area contributed by atoms with Gasteiger partial charge in [-0.1, -0.05) is 54.6 Å². The van der Waals surface area contributed by atoms with E-state index >= 15 is 0 Å². The highest BCUT2D eigenvalue weighted by molar-refractivity contribution is 5.99. The van der Waals surface area contributed by atoms with E-state index in [-0.39, 0.29) is 11.7 Å². The van der Waals surface area contributed by atoms with Gasteiger partial charge in [-0.3, -0.25) is 9.59 Å². The van der Waals surface area contributed by atoms with Gasteiger partial charge in [-0.15, -0.1) is 13.2 Å². The minimum atomic E-state index is -4.76. The van der Waals surface area contributed by atoms with Crippen LogP contribution in [0.4, 0.5) is 18.9 Å². The molecule has 9 heteroatoms. The molecule has 1 aliphatic heterocycles. The zero-order chi connectivity index (χ0) is 29.9.